The van der Waals surface area contributed by atoms with E-state index in [9.17, 15) is 14.0 Å². The van der Waals surface area contributed by atoms with Crippen molar-refractivity contribution >= 4 is 40.6 Å². The lowest BCUT2D eigenvalue weighted by Crippen LogP contribution is -2.13. The summed E-state index contributed by atoms with van der Waals surface area (Å²) in [7, 11) is 0. The van der Waals surface area contributed by atoms with Crippen LogP contribution in [0.5, 0.6) is 11.5 Å². The van der Waals surface area contributed by atoms with Crippen molar-refractivity contribution < 1.29 is 23.5 Å². The van der Waals surface area contributed by atoms with Crippen LogP contribution in [0.3, 0.4) is 0 Å². The fourth-order valence-corrected chi connectivity index (χ4v) is 3.28. The Morgan fingerprint density at radius 2 is 1.90 bits per heavy atom. The number of thiophene rings is 1. The second-order valence-electron chi connectivity index (χ2n) is 6.05. The van der Waals surface area contributed by atoms with Crippen LogP contribution >= 0.6 is 11.3 Å². The van der Waals surface area contributed by atoms with Gasteiger partial charge in [0.15, 0.2) is 11.5 Å². The zero-order valence-electron chi connectivity index (χ0n) is 15.0. The molecule has 29 heavy (non-hydrogen) atoms. The first-order chi connectivity index (χ1) is 14.1. The number of anilines is 2. The van der Waals surface area contributed by atoms with Gasteiger partial charge < -0.3 is 20.1 Å². The highest BCUT2D eigenvalue weighted by Gasteiger charge is 2.16. The van der Waals surface area contributed by atoms with Crippen LogP contribution in [0.2, 0.25) is 0 Å². The summed E-state index contributed by atoms with van der Waals surface area (Å²) in [5, 5.41) is 7.04. The van der Waals surface area contributed by atoms with Gasteiger partial charge in [-0.15, -0.1) is 11.3 Å². The lowest BCUT2D eigenvalue weighted by atomic mass is 10.1. The quantitative estimate of drug-likeness (QED) is 0.607. The Balaban J connectivity index is 1.45. The Bertz CT molecular complexity index is 1100. The first-order valence-electron chi connectivity index (χ1n) is 8.61. The summed E-state index contributed by atoms with van der Waals surface area (Å²) in [6, 6.07) is 12.5. The largest absolute Gasteiger partial charge is 0.454 e. The molecule has 6 nitrogen and oxygen atoms in total. The molecule has 2 aromatic carbocycles. The number of hydrogen-bond acceptors (Lipinski definition) is 5. The molecule has 1 aliphatic heterocycles. The molecule has 2 N–H and O–H groups in total. The number of amides is 2. The third-order valence-corrected chi connectivity index (χ3v) is 4.90. The van der Waals surface area contributed by atoms with Crippen molar-refractivity contribution in [3.63, 3.8) is 0 Å². The lowest BCUT2D eigenvalue weighted by Gasteiger charge is -2.09. The Labute approximate surface area is 169 Å². The van der Waals surface area contributed by atoms with Crippen molar-refractivity contribution in [3.8, 4) is 11.5 Å². The summed E-state index contributed by atoms with van der Waals surface area (Å²) >= 11 is 1.48. The number of fused-ring (bicyclic) bond motifs is 1. The van der Waals surface area contributed by atoms with Crippen molar-refractivity contribution in [2.24, 2.45) is 0 Å². The minimum absolute atomic E-state index is 0.0330. The third kappa shape index (κ3) is 4.44. The minimum atomic E-state index is -0.607. The second-order valence-corrected chi connectivity index (χ2v) is 7.03. The number of halogens is 1. The average molecular weight is 410 g/mol. The molecular formula is C21H15FN2O4S. The summed E-state index contributed by atoms with van der Waals surface area (Å²) in [6.45, 7) is 0.113. The monoisotopic (exact) mass is 410 g/mol. The molecule has 0 spiro atoms. The van der Waals surface area contributed by atoms with Gasteiger partial charge in [0.1, 0.15) is 5.82 Å². The Morgan fingerprint density at radius 1 is 1.03 bits per heavy atom. The SMILES string of the molecule is O=C(C=Cc1cccs1)Nc1cc(NC(=O)c2ccc3c(c2)OCO3)ccc1F. The van der Waals surface area contributed by atoms with Crippen LogP contribution in [0.15, 0.2) is 60.0 Å². The molecule has 1 aliphatic rings. The number of carbonyl (C=O) groups is 2. The van der Waals surface area contributed by atoms with Crippen molar-refractivity contribution in [2.75, 3.05) is 17.4 Å². The molecule has 0 fully saturated rings. The first-order valence-corrected chi connectivity index (χ1v) is 9.49. The molecule has 146 valence electrons. The van der Waals surface area contributed by atoms with Gasteiger partial charge in [-0.05, 0) is 53.9 Å². The van der Waals surface area contributed by atoms with Crippen LogP contribution in [0.1, 0.15) is 15.2 Å². The van der Waals surface area contributed by atoms with Gasteiger partial charge in [0.25, 0.3) is 5.91 Å². The van der Waals surface area contributed by atoms with Crippen LogP contribution in [0.25, 0.3) is 6.08 Å². The van der Waals surface area contributed by atoms with Crippen LogP contribution in [0.4, 0.5) is 15.8 Å². The van der Waals surface area contributed by atoms with Crippen molar-refractivity contribution in [2.45, 2.75) is 0 Å². The third-order valence-electron chi connectivity index (χ3n) is 4.06. The van der Waals surface area contributed by atoms with Gasteiger partial charge in [-0.1, -0.05) is 6.07 Å². The van der Waals surface area contributed by atoms with Crippen LogP contribution in [-0.2, 0) is 4.79 Å². The molecule has 4 rings (SSSR count). The highest BCUT2D eigenvalue weighted by Crippen LogP contribution is 2.32. The highest BCUT2D eigenvalue weighted by molar-refractivity contribution is 7.10. The molecule has 0 saturated heterocycles. The molecule has 2 amide bonds. The van der Waals surface area contributed by atoms with Crippen molar-refractivity contribution in [1.82, 2.24) is 0 Å². The fourth-order valence-electron chi connectivity index (χ4n) is 2.66. The summed E-state index contributed by atoms with van der Waals surface area (Å²) in [5.41, 5.74) is 0.670. The molecular weight excluding hydrogens is 395 g/mol. The normalized spacial score (nSPS) is 12.2. The topological polar surface area (TPSA) is 76.7 Å². The van der Waals surface area contributed by atoms with E-state index in [0.717, 1.165) is 4.88 Å². The maximum Gasteiger partial charge on any atom is 0.255 e. The van der Waals surface area contributed by atoms with E-state index in [1.54, 1.807) is 24.3 Å². The smallest absolute Gasteiger partial charge is 0.255 e. The molecule has 1 aromatic heterocycles. The maximum absolute atomic E-state index is 14.1. The summed E-state index contributed by atoms with van der Waals surface area (Å²) in [6.07, 6.45) is 2.96. The van der Waals surface area contributed by atoms with Crippen LogP contribution in [-0.4, -0.2) is 18.6 Å². The molecule has 0 saturated carbocycles. The molecule has 0 bridgehead atoms. The first kappa shape index (κ1) is 18.7. The summed E-state index contributed by atoms with van der Waals surface area (Å²) in [5.74, 6) is -0.420. The van der Waals surface area contributed by atoms with Crippen molar-refractivity contribution in [1.29, 1.82) is 0 Å². The predicted octanol–water partition coefficient (Wildman–Crippen LogP) is 4.52. The Morgan fingerprint density at radius 3 is 2.72 bits per heavy atom. The van der Waals surface area contributed by atoms with E-state index in [4.69, 9.17) is 9.47 Å². The molecule has 0 unspecified atom stereocenters. The van der Waals surface area contributed by atoms with E-state index in [1.165, 1.54) is 35.6 Å². The van der Waals surface area contributed by atoms with Gasteiger partial charge in [0.2, 0.25) is 12.7 Å². The van der Waals surface area contributed by atoms with E-state index in [2.05, 4.69) is 10.6 Å². The summed E-state index contributed by atoms with van der Waals surface area (Å²) < 4.78 is 24.6. The zero-order valence-corrected chi connectivity index (χ0v) is 15.8. The molecule has 3 aromatic rings. The van der Waals surface area contributed by atoms with E-state index in [-0.39, 0.29) is 12.5 Å². The van der Waals surface area contributed by atoms with Crippen LogP contribution in [0, 0.1) is 5.82 Å². The second kappa shape index (κ2) is 8.15. The number of carbonyl (C=O) groups excluding carboxylic acids is 2. The Kier molecular flexibility index (Phi) is 5.26. The number of benzene rings is 2. The molecule has 0 radical (unpaired) electrons. The number of ether oxygens (including phenoxy) is 2. The molecule has 0 aliphatic carbocycles. The van der Waals surface area contributed by atoms with Gasteiger partial charge in [-0.25, -0.2) is 4.39 Å². The van der Waals surface area contributed by atoms with Crippen molar-refractivity contribution in [3.05, 3.63) is 76.2 Å². The van der Waals surface area contributed by atoms with Gasteiger partial charge in [-0.2, -0.15) is 0 Å². The number of nitrogens with one attached hydrogen (secondary N) is 2. The number of hydrogen-bond donors (Lipinski definition) is 2. The number of rotatable bonds is 5. The van der Waals surface area contributed by atoms with Gasteiger partial charge in [0, 0.05) is 22.2 Å². The van der Waals surface area contributed by atoms with E-state index in [0.29, 0.717) is 22.7 Å². The van der Waals surface area contributed by atoms with Crippen LogP contribution < -0.4 is 20.1 Å². The summed E-state index contributed by atoms with van der Waals surface area (Å²) in [4.78, 5) is 25.4. The predicted molar refractivity (Wildman–Crippen MR) is 109 cm³/mol. The fraction of sp³-hybridized carbons (Fsp3) is 0.0476. The van der Waals surface area contributed by atoms with Gasteiger partial charge >= 0.3 is 0 Å². The lowest BCUT2D eigenvalue weighted by molar-refractivity contribution is -0.111. The van der Waals surface area contributed by atoms with E-state index >= 15 is 0 Å². The average Bonchev–Trinajstić information content (AvgIpc) is 3.40. The van der Waals surface area contributed by atoms with E-state index < -0.39 is 17.6 Å². The zero-order chi connectivity index (χ0) is 20.2. The molecule has 0 atom stereocenters. The standard InChI is InChI=1S/C21H15FN2O4S/c22-16-6-4-14(11-17(16)24-20(25)8-5-15-2-1-9-29-15)23-21(26)13-3-7-18-19(10-13)28-12-27-18/h1-11H,12H2,(H,23,26)(H,24,25). The van der Waals surface area contributed by atoms with E-state index in [1.807, 2.05) is 17.5 Å². The molecule has 2 heterocycles. The maximum atomic E-state index is 14.1. The van der Waals surface area contributed by atoms with Gasteiger partial charge in [-0.3, -0.25) is 9.59 Å². The highest BCUT2D eigenvalue weighted by atomic mass is 32.1. The minimum Gasteiger partial charge on any atom is -0.454 e. The van der Waals surface area contributed by atoms with Gasteiger partial charge in [0.05, 0.1) is 5.69 Å². The Hall–Kier alpha value is -3.65. The molecule has 8 heteroatoms.